The van der Waals surface area contributed by atoms with Crippen molar-refractivity contribution in [3.63, 3.8) is 0 Å². The van der Waals surface area contributed by atoms with Gasteiger partial charge in [-0.05, 0) is 37.0 Å². The smallest absolute Gasteiger partial charge is 0.348 e. The number of alkyl halides is 2. The number of thiophene rings is 1. The van der Waals surface area contributed by atoms with Gasteiger partial charge in [-0.15, -0.1) is 11.3 Å². The Morgan fingerprint density at radius 3 is 2.96 bits per heavy atom. The summed E-state index contributed by atoms with van der Waals surface area (Å²) in [5.74, 6) is 0.314. The first-order valence-electron chi connectivity index (χ1n) is 7.59. The van der Waals surface area contributed by atoms with Gasteiger partial charge in [-0.25, -0.2) is 18.6 Å². The first-order valence-corrected chi connectivity index (χ1v) is 8.41. The van der Waals surface area contributed by atoms with E-state index in [0.717, 1.165) is 24.8 Å². The third kappa shape index (κ3) is 2.58. The third-order valence-corrected chi connectivity index (χ3v) is 5.17. The summed E-state index contributed by atoms with van der Waals surface area (Å²) in [5.41, 5.74) is 1.01. The van der Waals surface area contributed by atoms with E-state index in [1.165, 1.54) is 16.2 Å². The molecule has 0 atom stereocenters. The van der Waals surface area contributed by atoms with E-state index in [9.17, 15) is 13.6 Å². The van der Waals surface area contributed by atoms with Crippen LogP contribution in [0.3, 0.4) is 0 Å². The normalized spacial score (nSPS) is 13.6. The zero-order valence-electron chi connectivity index (χ0n) is 12.6. The molecule has 2 aromatic heterocycles. The lowest BCUT2D eigenvalue weighted by Gasteiger charge is -2.09. The lowest BCUT2D eigenvalue weighted by Crippen LogP contribution is -2.08. The highest BCUT2D eigenvalue weighted by Crippen LogP contribution is 2.36. The van der Waals surface area contributed by atoms with Gasteiger partial charge in [0.25, 0.3) is 6.43 Å². The fraction of sp³-hybridized carbons (Fsp3) is 0.294. The van der Waals surface area contributed by atoms with Crippen molar-refractivity contribution in [2.45, 2.75) is 25.7 Å². The highest BCUT2D eigenvalue weighted by Gasteiger charge is 2.23. The zero-order valence-corrected chi connectivity index (χ0v) is 13.4. The van der Waals surface area contributed by atoms with Crippen LogP contribution < -0.4 is 10.4 Å². The van der Waals surface area contributed by atoms with Gasteiger partial charge in [0.1, 0.15) is 22.6 Å². The average molecular weight is 349 g/mol. The fourth-order valence-corrected chi connectivity index (χ4v) is 4.21. The fourth-order valence-electron chi connectivity index (χ4n) is 2.97. The third-order valence-electron chi connectivity index (χ3n) is 3.98. The number of halogens is 2. The van der Waals surface area contributed by atoms with Crippen molar-refractivity contribution < 1.29 is 17.9 Å². The molecule has 24 heavy (non-hydrogen) atoms. The maximum atomic E-state index is 12.4. The minimum atomic E-state index is -2.58. The summed E-state index contributed by atoms with van der Waals surface area (Å²) in [4.78, 5) is 18.7. The first-order chi connectivity index (χ1) is 11.6. The first kappa shape index (κ1) is 15.3. The number of hydrogen-bond donors (Lipinski definition) is 0. The molecule has 0 unspecified atom stereocenters. The largest absolute Gasteiger partial charge is 0.487 e. The van der Waals surface area contributed by atoms with E-state index in [0.29, 0.717) is 15.8 Å². The molecule has 4 nitrogen and oxygen atoms in total. The second kappa shape index (κ2) is 5.98. The summed E-state index contributed by atoms with van der Waals surface area (Å²) in [6.07, 6.45) is 0.289. The molecule has 0 spiro atoms. The van der Waals surface area contributed by atoms with Gasteiger partial charge in [0.05, 0.1) is 5.56 Å². The Kier molecular flexibility index (Phi) is 3.80. The van der Waals surface area contributed by atoms with Crippen molar-refractivity contribution in [1.82, 2.24) is 4.98 Å². The Labute approximate surface area is 139 Å². The lowest BCUT2D eigenvalue weighted by atomic mass is 10.2. The van der Waals surface area contributed by atoms with Gasteiger partial charge in [0.2, 0.25) is 5.89 Å². The number of nitrogens with zero attached hydrogens (tertiary/aromatic N) is 1. The number of aromatic nitrogens is 1. The molecular weight excluding hydrogens is 336 g/mol. The molecule has 4 rings (SSSR count). The molecule has 1 aromatic carbocycles. The minimum Gasteiger partial charge on any atom is -0.487 e. The molecule has 7 heteroatoms. The molecule has 0 saturated heterocycles. The maximum Gasteiger partial charge on any atom is 0.348 e. The Morgan fingerprint density at radius 2 is 2.12 bits per heavy atom. The molecule has 0 radical (unpaired) electrons. The number of rotatable bonds is 4. The van der Waals surface area contributed by atoms with Gasteiger partial charge in [-0.2, -0.15) is 0 Å². The second-order valence-electron chi connectivity index (χ2n) is 5.54. The van der Waals surface area contributed by atoms with E-state index in [4.69, 9.17) is 9.15 Å². The molecular formula is C17H13F2NO3S. The van der Waals surface area contributed by atoms with Crippen LogP contribution in [0.2, 0.25) is 0 Å². The van der Waals surface area contributed by atoms with Crippen LogP contribution in [0.1, 0.15) is 16.9 Å². The predicted molar refractivity (Wildman–Crippen MR) is 87.1 cm³/mol. The molecule has 0 fully saturated rings. The summed E-state index contributed by atoms with van der Waals surface area (Å²) in [7, 11) is 0. The van der Waals surface area contributed by atoms with E-state index >= 15 is 0 Å². The molecule has 1 aliphatic rings. The lowest BCUT2D eigenvalue weighted by molar-refractivity contribution is 0.0821. The zero-order chi connectivity index (χ0) is 16.7. The van der Waals surface area contributed by atoms with Crippen LogP contribution in [0, 0.1) is 0 Å². The van der Waals surface area contributed by atoms with Crippen LogP contribution in [-0.2, 0) is 12.8 Å². The van der Waals surface area contributed by atoms with Crippen LogP contribution in [0.4, 0.5) is 8.78 Å². The Bertz CT molecular complexity index is 964. The summed E-state index contributed by atoms with van der Waals surface area (Å²) < 4.78 is 35.3. The quantitative estimate of drug-likeness (QED) is 0.713. The van der Waals surface area contributed by atoms with Gasteiger partial charge in [-0.1, -0.05) is 12.1 Å². The average Bonchev–Trinajstić information content (AvgIpc) is 3.13. The molecule has 0 saturated carbocycles. The number of hydrogen-bond acceptors (Lipinski definition) is 5. The van der Waals surface area contributed by atoms with Crippen LogP contribution in [0.25, 0.3) is 21.7 Å². The van der Waals surface area contributed by atoms with Gasteiger partial charge in [-0.3, -0.25) is 0 Å². The van der Waals surface area contributed by atoms with E-state index in [2.05, 4.69) is 4.98 Å². The summed E-state index contributed by atoms with van der Waals surface area (Å²) in [6, 6.07) is 6.57. The molecule has 0 aliphatic heterocycles. The van der Waals surface area contributed by atoms with Crippen molar-refractivity contribution in [2.24, 2.45) is 0 Å². The van der Waals surface area contributed by atoms with E-state index in [-0.39, 0.29) is 11.6 Å². The maximum absolute atomic E-state index is 12.4. The molecule has 2 heterocycles. The van der Waals surface area contributed by atoms with E-state index < -0.39 is 18.7 Å². The highest BCUT2D eigenvalue weighted by atomic mass is 32.1. The second-order valence-corrected chi connectivity index (χ2v) is 6.63. The standard InChI is InChI=1S/C17H13F2NO3S/c18-13(19)8-22-11-6-2-1-4-9(11)15-20-16-14(17(21)23-15)10-5-3-7-12(10)24-16/h1-2,4,6,13H,3,5,7-8H2. The SMILES string of the molecule is O=c1oc(-c2ccccc2OCC(F)F)nc2sc3c(c12)CCC3. The molecule has 3 aromatic rings. The number of aryl methyl sites for hydroxylation is 2. The molecule has 0 amide bonds. The summed E-state index contributed by atoms with van der Waals surface area (Å²) >= 11 is 1.50. The number of para-hydroxylation sites is 1. The summed E-state index contributed by atoms with van der Waals surface area (Å²) in [6.45, 7) is -0.725. The number of ether oxygens (including phenoxy) is 1. The van der Waals surface area contributed by atoms with Gasteiger partial charge < -0.3 is 9.15 Å². The monoisotopic (exact) mass is 349 g/mol. The van der Waals surface area contributed by atoms with Crippen LogP contribution in [0.5, 0.6) is 5.75 Å². The minimum absolute atomic E-state index is 0.0947. The van der Waals surface area contributed by atoms with Crippen LogP contribution in [0.15, 0.2) is 33.5 Å². The topological polar surface area (TPSA) is 52.3 Å². The van der Waals surface area contributed by atoms with E-state index in [1.54, 1.807) is 24.3 Å². The highest BCUT2D eigenvalue weighted by molar-refractivity contribution is 7.18. The van der Waals surface area contributed by atoms with Gasteiger partial charge in [0.15, 0.2) is 0 Å². The Balaban J connectivity index is 1.82. The van der Waals surface area contributed by atoms with Crippen molar-refractivity contribution in [3.8, 4) is 17.2 Å². The van der Waals surface area contributed by atoms with Crippen molar-refractivity contribution in [1.29, 1.82) is 0 Å². The Morgan fingerprint density at radius 1 is 1.29 bits per heavy atom. The van der Waals surface area contributed by atoms with E-state index in [1.807, 2.05) is 0 Å². The molecule has 0 N–H and O–H groups in total. The van der Waals surface area contributed by atoms with Crippen molar-refractivity contribution in [3.05, 3.63) is 45.1 Å². The van der Waals surface area contributed by atoms with Crippen molar-refractivity contribution in [2.75, 3.05) is 6.61 Å². The van der Waals surface area contributed by atoms with Crippen molar-refractivity contribution >= 4 is 21.6 Å². The van der Waals surface area contributed by atoms with Crippen LogP contribution >= 0.6 is 11.3 Å². The molecule has 124 valence electrons. The molecule has 1 aliphatic carbocycles. The molecule has 0 bridgehead atoms. The number of benzene rings is 1. The summed E-state index contributed by atoms with van der Waals surface area (Å²) in [5, 5.41) is 0.558. The van der Waals surface area contributed by atoms with Gasteiger partial charge in [0, 0.05) is 4.88 Å². The van der Waals surface area contributed by atoms with Gasteiger partial charge >= 0.3 is 5.63 Å². The Hall–Kier alpha value is -2.28. The van der Waals surface area contributed by atoms with Crippen LogP contribution in [-0.4, -0.2) is 18.0 Å². The predicted octanol–water partition coefficient (Wildman–Crippen LogP) is 4.05. The number of fused-ring (bicyclic) bond motifs is 3.